The normalized spacial score (nSPS) is 21.9. The van der Waals surface area contributed by atoms with E-state index >= 15 is 0 Å². The van der Waals surface area contributed by atoms with Gasteiger partial charge in [0, 0.05) is 38.7 Å². The summed E-state index contributed by atoms with van der Waals surface area (Å²) in [4.78, 5) is 14.1. The highest BCUT2D eigenvalue weighted by atomic mass is 35.5. The van der Waals surface area contributed by atoms with Gasteiger partial charge in [0.1, 0.15) is 12.0 Å². The van der Waals surface area contributed by atoms with E-state index in [1.54, 1.807) is 11.0 Å². The zero-order valence-corrected chi connectivity index (χ0v) is 15.7. The van der Waals surface area contributed by atoms with E-state index < -0.39 is 10.0 Å². The Balaban J connectivity index is 0.00000225. The van der Waals surface area contributed by atoms with Crippen molar-refractivity contribution in [1.29, 1.82) is 0 Å². The number of amides is 1. The van der Waals surface area contributed by atoms with Crippen molar-refractivity contribution in [2.75, 3.05) is 39.3 Å². The summed E-state index contributed by atoms with van der Waals surface area (Å²) in [7, 11) is -3.42. The van der Waals surface area contributed by atoms with Gasteiger partial charge in [-0.05, 0) is 31.8 Å². The Morgan fingerprint density at radius 3 is 2.68 bits per heavy atom. The van der Waals surface area contributed by atoms with Crippen molar-refractivity contribution in [3.05, 3.63) is 18.0 Å². The molecule has 3 rings (SSSR count). The van der Waals surface area contributed by atoms with Crippen molar-refractivity contribution in [3.8, 4) is 0 Å². The highest BCUT2D eigenvalue weighted by molar-refractivity contribution is 7.88. The van der Waals surface area contributed by atoms with E-state index in [0.29, 0.717) is 44.2 Å². The summed E-state index contributed by atoms with van der Waals surface area (Å²) in [6, 6.07) is 1.55. The van der Waals surface area contributed by atoms with E-state index in [2.05, 4.69) is 15.0 Å². The van der Waals surface area contributed by atoms with Crippen molar-refractivity contribution in [3.63, 3.8) is 0 Å². The molecular weight excluding hydrogens is 368 g/mol. The summed E-state index contributed by atoms with van der Waals surface area (Å²) in [5.74, 6) is 0.570. The largest absolute Gasteiger partial charge is 0.364 e. The third kappa shape index (κ3) is 5.40. The third-order valence-corrected chi connectivity index (χ3v) is 6.55. The van der Waals surface area contributed by atoms with E-state index in [-0.39, 0.29) is 24.1 Å². The Morgan fingerprint density at radius 1 is 1.32 bits per heavy atom. The second kappa shape index (κ2) is 8.98. The number of aromatic nitrogens is 1. The monoisotopic (exact) mass is 392 g/mol. The van der Waals surface area contributed by atoms with Gasteiger partial charge >= 0.3 is 0 Å². The van der Waals surface area contributed by atoms with Crippen molar-refractivity contribution >= 4 is 28.3 Å². The van der Waals surface area contributed by atoms with Crippen LogP contribution in [0.5, 0.6) is 0 Å². The van der Waals surface area contributed by atoms with Gasteiger partial charge < -0.3 is 14.7 Å². The summed E-state index contributed by atoms with van der Waals surface area (Å²) < 4.78 is 30.8. The molecule has 8 nitrogen and oxygen atoms in total. The lowest BCUT2D eigenvalue weighted by Crippen LogP contribution is -2.50. The molecule has 142 valence electrons. The zero-order chi connectivity index (χ0) is 17.0. The lowest BCUT2D eigenvalue weighted by molar-refractivity contribution is -0.132. The van der Waals surface area contributed by atoms with Crippen LogP contribution in [-0.4, -0.2) is 68.0 Å². The summed E-state index contributed by atoms with van der Waals surface area (Å²) in [5, 5.41) is 6.96. The molecule has 1 atom stereocenters. The lowest BCUT2D eigenvalue weighted by Gasteiger charge is -2.34. The Hall–Kier alpha value is -1.16. The van der Waals surface area contributed by atoms with Crippen molar-refractivity contribution in [2.24, 2.45) is 5.92 Å². The Labute approximate surface area is 154 Å². The van der Waals surface area contributed by atoms with Crippen LogP contribution in [-0.2, 0) is 20.6 Å². The molecule has 0 spiro atoms. The number of sulfonamides is 1. The molecule has 0 aliphatic carbocycles. The Morgan fingerprint density at radius 2 is 2.08 bits per heavy atom. The highest BCUT2D eigenvalue weighted by Gasteiger charge is 2.29. The molecule has 0 radical (unpaired) electrons. The van der Waals surface area contributed by atoms with E-state index in [0.717, 1.165) is 25.9 Å². The van der Waals surface area contributed by atoms with Gasteiger partial charge in [0.2, 0.25) is 15.9 Å². The van der Waals surface area contributed by atoms with Crippen LogP contribution < -0.4 is 5.32 Å². The van der Waals surface area contributed by atoms with Gasteiger partial charge in [0.05, 0.1) is 5.69 Å². The molecule has 3 heterocycles. The first-order valence-electron chi connectivity index (χ1n) is 8.40. The van der Waals surface area contributed by atoms with Gasteiger partial charge in [-0.25, -0.2) is 8.42 Å². The maximum Gasteiger partial charge on any atom is 0.222 e. The molecule has 1 aromatic heterocycles. The quantitative estimate of drug-likeness (QED) is 0.755. The second-order valence-electron chi connectivity index (χ2n) is 6.42. The first kappa shape index (κ1) is 20.2. The molecule has 1 N–H and O–H groups in total. The summed E-state index contributed by atoms with van der Waals surface area (Å²) in [5.41, 5.74) is 0.402. The minimum atomic E-state index is -3.42. The third-order valence-electron chi connectivity index (χ3n) is 4.74. The van der Waals surface area contributed by atoms with E-state index in [1.165, 1.54) is 10.6 Å². The number of carbonyl (C=O) groups excluding carboxylic acids is 1. The SMILES string of the molecule is Cl.O=C(CCC1CCNC1)N1CCN(S(=O)(=O)Cc2ccon2)CC1. The van der Waals surface area contributed by atoms with Gasteiger partial charge in [-0.1, -0.05) is 5.16 Å². The van der Waals surface area contributed by atoms with Crippen LogP contribution in [0.15, 0.2) is 16.9 Å². The molecule has 10 heteroatoms. The van der Waals surface area contributed by atoms with Crippen LogP contribution in [0.3, 0.4) is 0 Å². The summed E-state index contributed by atoms with van der Waals surface area (Å²) in [6.07, 6.45) is 3.97. The van der Waals surface area contributed by atoms with E-state index in [9.17, 15) is 13.2 Å². The van der Waals surface area contributed by atoms with Crippen LogP contribution in [0.25, 0.3) is 0 Å². The van der Waals surface area contributed by atoms with Gasteiger partial charge in [-0.15, -0.1) is 12.4 Å². The molecule has 0 saturated carbocycles. The summed E-state index contributed by atoms with van der Waals surface area (Å²) in [6.45, 7) is 3.65. The highest BCUT2D eigenvalue weighted by Crippen LogP contribution is 2.17. The van der Waals surface area contributed by atoms with Crippen molar-refractivity contribution in [2.45, 2.75) is 25.0 Å². The van der Waals surface area contributed by atoms with E-state index in [1.807, 2.05) is 0 Å². The minimum Gasteiger partial charge on any atom is -0.364 e. The standard InChI is InChI=1S/C15H24N4O4S.ClH/c20-15(2-1-13-3-5-16-11-13)18-6-8-19(9-7-18)24(21,22)12-14-4-10-23-17-14;/h4,10,13,16H,1-3,5-9,11-12H2;1H. The van der Waals surface area contributed by atoms with Gasteiger partial charge in [0.15, 0.2) is 0 Å². The first-order valence-corrected chi connectivity index (χ1v) is 10.0. The maximum absolute atomic E-state index is 12.4. The molecule has 2 fully saturated rings. The molecule has 2 aliphatic rings. The van der Waals surface area contributed by atoms with E-state index in [4.69, 9.17) is 0 Å². The fourth-order valence-corrected chi connectivity index (χ4v) is 4.68. The number of nitrogens with zero attached hydrogens (tertiary/aromatic N) is 3. The molecule has 1 aromatic rings. The fourth-order valence-electron chi connectivity index (χ4n) is 3.25. The zero-order valence-electron chi connectivity index (χ0n) is 14.1. The van der Waals surface area contributed by atoms with Gasteiger partial charge in [-0.2, -0.15) is 4.31 Å². The molecule has 25 heavy (non-hydrogen) atoms. The smallest absolute Gasteiger partial charge is 0.222 e. The average molecular weight is 393 g/mol. The molecule has 2 aliphatic heterocycles. The van der Waals surface area contributed by atoms with Crippen molar-refractivity contribution < 1.29 is 17.7 Å². The first-order chi connectivity index (χ1) is 11.5. The van der Waals surface area contributed by atoms with Crippen LogP contribution in [0.1, 0.15) is 25.0 Å². The number of hydrogen-bond acceptors (Lipinski definition) is 6. The minimum absolute atomic E-state index is 0. The second-order valence-corrected chi connectivity index (χ2v) is 8.39. The molecule has 1 amide bonds. The number of piperazine rings is 1. The molecule has 1 unspecified atom stereocenters. The maximum atomic E-state index is 12.4. The van der Waals surface area contributed by atoms with Crippen LogP contribution in [0.2, 0.25) is 0 Å². The number of hydrogen-bond donors (Lipinski definition) is 1. The Bertz CT molecular complexity index is 638. The predicted octanol–water partition coefficient (Wildman–Crippen LogP) is 0.460. The number of halogens is 1. The topological polar surface area (TPSA) is 95.8 Å². The van der Waals surface area contributed by atoms with Crippen LogP contribution in [0, 0.1) is 5.92 Å². The van der Waals surface area contributed by atoms with Crippen molar-refractivity contribution in [1.82, 2.24) is 19.7 Å². The fraction of sp³-hybridized carbons (Fsp3) is 0.733. The average Bonchev–Trinajstić information content (AvgIpc) is 3.26. The molecule has 0 aromatic carbocycles. The number of carbonyl (C=O) groups is 1. The van der Waals surface area contributed by atoms with Gasteiger partial charge in [0.25, 0.3) is 0 Å². The van der Waals surface area contributed by atoms with Gasteiger partial charge in [-0.3, -0.25) is 4.79 Å². The lowest BCUT2D eigenvalue weighted by atomic mass is 10.0. The predicted molar refractivity (Wildman–Crippen MR) is 94.7 cm³/mol. The number of nitrogens with one attached hydrogen (secondary N) is 1. The Kier molecular flexibility index (Phi) is 7.24. The summed E-state index contributed by atoms with van der Waals surface area (Å²) >= 11 is 0. The molecule has 0 bridgehead atoms. The van der Waals surface area contributed by atoms with Crippen LogP contribution in [0.4, 0.5) is 0 Å². The molecular formula is C15H25ClN4O4S. The van der Waals surface area contributed by atoms with Crippen LogP contribution >= 0.6 is 12.4 Å². The molecule has 2 saturated heterocycles. The number of rotatable bonds is 6.